The van der Waals surface area contributed by atoms with Crippen molar-refractivity contribution < 1.29 is 0 Å². The molecule has 1 rings (SSSR count). The second kappa shape index (κ2) is 7.80. The first-order chi connectivity index (χ1) is 9.53. The van der Waals surface area contributed by atoms with Gasteiger partial charge < -0.3 is 5.73 Å². The molecule has 1 aromatic rings. The van der Waals surface area contributed by atoms with Gasteiger partial charge in [-0.25, -0.2) is 0 Å². The zero-order chi connectivity index (χ0) is 15.2. The second-order valence-corrected chi connectivity index (χ2v) is 5.78. The number of benzene rings is 1. The summed E-state index contributed by atoms with van der Waals surface area (Å²) in [5.74, 6) is 0. The minimum atomic E-state index is 0.119. The summed E-state index contributed by atoms with van der Waals surface area (Å²) in [6, 6.07) is 8.97. The lowest BCUT2D eigenvalue weighted by molar-refractivity contribution is 0.0628. The van der Waals surface area contributed by atoms with Crippen LogP contribution in [0.4, 0.5) is 0 Å². The van der Waals surface area contributed by atoms with Gasteiger partial charge in [-0.3, -0.25) is 4.90 Å². The second-order valence-electron chi connectivity index (χ2n) is 5.78. The Bertz CT molecular complexity index is 375. The lowest BCUT2D eigenvalue weighted by atomic mass is 9.80. The van der Waals surface area contributed by atoms with Crippen molar-refractivity contribution in [3.05, 3.63) is 35.4 Å². The number of likely N-dealkylation sites (N-methyl/N-ethyl adjacent to an activating group) is 1. The molecule has 1 aromatic carbocycles. The predicted molar refractivity (Wildman–Crippen MR) is 89.1 cm³/mol. The van der Waals surface area contributed by atoms with Gasteiger partial charge in [-0.2, -0.15) is 0 Å². The number of nitrogens with two attached hydrogens (primary N) is 1. The van der Waals surface area contributed by atoms with Crippen LogP contribution in [0.15, 0.2) is 24.3 Å². The van der Waals surface area contributed by atoms with Crippen LogP contribution in [-0.2, 0) is 6.42 Å². The van der Waals surface area contributed by atoms with Gasteiger partial charge >= 0.3 is 0 Å². The molecule has 0 spiro atoms. The van der Waals surface area contributed by atoms with E-state index < -0.39 is 0 Å². The standard InChI is InChI=1S/C18H32N2/c1-6-18(7-2,20(8-3)9-4)17(19)14-16-12-10-15(5)11-13-16/h10-13,17H,6-9,14,19H2,1-5H3. The van der Waals surface area contributed by atoms with Crippen molar-refractivity contribution >= 4 is 0 Å². The van der Waals surface area contributed by atoms with Crippen molar-refractivity contribution in [3.63, 3.8) is 0 Å². The molecule has 114 valence electrons. The first-order valence-corrected chi connectivity index (χ1v) is 8.10. The Morgan fingerprint density at radius 3 is 1.90 bits per heavy atom. The topological polar surface area (TPSA) is 29.3 Å². The minimum absolute atomic E-state index is 0.119. The highest BCUT2D eigenvalue weighted by Crippen LogP contribution is 2.28. The fourth-order valence-electron chi connectivity index (χ4n) is 3.48. The molecule has 2 N–H and O–H groups in total. The molecule has 20 heavy (non-hydrogen) atoms. The van der Waals surface area contributed by atoms with Crippen molar-refractivity contribution in [2.24, 2.45) is 5.73 Å². The molecule has 0 saturated carbocycles. The number of hydrogen-bond donors (Lipinski definition) is 1. The van der Waals surface area contributed by atoms with Gasteiger partial charge in [0.25, 0.3) is 0 Å². The van der Waals surface area contributed by atoms with E-state index in [4.69, 9.17) is 5.73 Å². The molecule has 0 amide bonds. The third-order valence-corrected chi connectivity index (χ3v) is 4.88. The number of aryl methyl sites for hydroxylation is 1. The van der Waals surface area contributed by atoms with Crippen LogP contribution >= 0.6 is 0 Å². The first kappa shape index (κ1) is 17.2. The van der Waals surface area contributed by atoms with Crippen LogP contribution in [0.3, 0.4) is 0 Å². The molecule has 2 nitrogen and oxygen atoms in total. The van der Waals surface area contributed by atoms with Gasteiger partial charge in [0, 0.05) is 11.6 Å². The lowest BCUT2D eigenvalue weighted by Gasteiger charge is -2.46. The van der Waals surface area contributed by atoms with Crippen molar-refractivity contribution in [1.82, 2.24) is 4.90 Å². The van der Waals surface area contributed by atoms with Crippen LogP contribution in [0, 0.1) is 6.92 Å². The molecular weight excluding hydrogens is 244 g/mol. The zero-order valence-electron chi connectivity index (χ0n) is 13.9. The smallest absolute Gasteiger partial charge is 0.0358 e. The van der Waals surface area contributed by atoms with Crippen molar-refractivity contribution in [2.45, 2.75) is 65.5 Å². The molecule has 0 aromatic heterocycles. The van der Waals surface area contributed by atoms with E-state index in [0.717, 1.165) is 32.4 Å². The number of hydrogen-bond acceptors (Lipinski definition) is 2. The normalized spacial score (nSPS) is 13.8. The van der Waals surface area contributed by atoms with E-state index in [1.807, 2.05) is 0 Å². The summed E-state index contributed by atoms with van der Waals surface area (Å²) in [5, 5.41) is 0. The molecule has 2 heteroatoms. The lowest BCUT2D eigenvalue weighted by Crippen LogP contribution is -2.60. The van der Waals surface area contributed by atoms with E-state index in [2.05, 4.69) is 63.8 Å². The summed E-state index contributed by atoms with van der Waals surface area (Å²) in [6.45, 7) is 13.3. The van der Waals surface area contributed by atoms with Gasteiger partial charge in [-0.15, -0.1) is 0 Å². The SMILES string of the molecule is CCN(CC)C(CC)(CC)C(N)Cc1ccc(C)cc1. The van der Waals surface area contributed by atoms with E-state index in [-0.39, 0.29) is 11.6 Å². The van der Waals surface area contributed by atoms with Gasteiger partial charge in [0.2, 0.25) is 0 Å². The summed E-state index contributed by atoms with van der Waals surface area (Å²) in [5.41, 5.74) is 9.43. The average molecular weight is 276 g/mol. The summed E-state index contributed by atoms with van der Waals surface area (Å²) >= 11 is 0. The third-order valence-electron chi connectivity index (χ3n) is 4.88. The van der Waals surface area contributed by atoms with Crippen LogP contribution in [0.25, 0.3) is 0 Å². The Morgan fingerprint density at radius 1 is 1.00 bits per heavy atom. The van der Waals surface area contributed by atoms with Gasteiger partial charge in [0.15, 0.2) is 0 Å². The maximum Gasteiger partial charge on any atom is 0.0358 e. The predicted octanol–water partition coefficient (Wildman–Crippen LogP) is 3.77. The molecule has 0 aliphatic carbocycles. The fraction of sp³-hybridized carbons (Fsp3) is 0.667. The molecule has 0 aliphatic heterocycles. The average Bonchev–Trinajstić information content (AvgIpc) is 2.47. The molecule has 0 saturated heterocycles. The Balaban J connectivity index is 2.93. The van der Waals surface area contributed by atoms with Gasteiger partial charge in [0.1, 0.15) is 0 Å². The molecule has 0 heterocycles. The van der Waals surface area contributed by atoms with Crippen molar-refractivity contribution in [2.75, 3.05) is 13.1 Å². The monoisotopic (exact) mass is 276 g/mol. The molecule has 0 radical (unpaired) electrons. The number of nitrogens with zero attached hydrogens (tertiary/aromatic N) is 1. The molecule has 0 fully saturated rings. The van der Waals surface area contributed by atoms with Crippen LogP contribution in [0.5, 0.6) is 0 Å². The Morgan fingerprint density at radius 2 is 1.50 bits per heavy atom. The maximum atomic E-state index is 6.65. The van der Waals surface area contributed by atoms with Crippen LogP contribution in [-0.4, -0.2) is 29.6 Å². The van der Waals surface area contributed by atoms with E-state index in [9.17, 15) is 0 Å². The van der Waals surface area contributed by atoms with Crippen molar-refractivity contribution in [3.8, 4) is 0 Å². The Hall–Kier alpha value is -0.860. The van der Waals surface area contributed by atoms with Gasteiger partial charge in [-0.1, -0.05) is 57.5 Å². The highest BCUT2D eigenvalue weighted by atomic mass is 15.2. The van der Waals surface area contributed by atoms with E-state index >= 15 is 0 Å². The van der Waals surface area contributed by atoms with Crippen molar-refractivity contribution in [1.29, 1.82) is 0 Å². The quantitative estimate of drug-likeness (QED) is 0.783. The molecule has 0 aliphatic rings. The summed E-state index contributed by atoms with van der Waals surface area (Å²) < 4.78 is 0. The summed E-state index contributed by atoms with van der Waals surface area (Å²) in [6.07, 6.45) is 3.18. The third kappa shape index (κ3) is 3.62. The fourth-order valence-corrected chi connectivity index (χ4v) is 3.48. The van der Waals surface area contributed by atoms with Gasteiger partial charge in [0.05, 0.1) is 0 Å². The summed E-state index contributed by atoms with van der Waals surface area (Å²) in [4.78, 5) is 2.55. The largest absolute Gasteiger partial charge is 0.326 e. The van der Waals surface area contributed by atoms with Crippen LogP contribution < -0.4 is 5.73 Å². The molecule has 1 atom stereocenters. The van der Waals surface area contributed by atoms with E-state index in [0.29, 0.717) is 0 Å². The van der Waals surface area contributed by atoms with E-state index in [1.165, 1.54) is 11.1 Å². The molecule has 1 unspecified atom stereocenters. The zero-order valence-corrected chi connectivity index (χ0v) is 13.9. The van der Waals surface area contributed by atoms with Gasteiger partial charge in [-0.05, 0) is 44.8 Å². The van der Waals surface area contributed by atoms with E-state index in [1.54, 1.807) is 0 Å². The molecule has 0 bridgehead atoms. The maximum absolute atomic E-state index is 6.65. The van der Waals surface area contributed by atoms with Crippen LogP contribution in [0.2, 0.25) is 0 Å². The number of rotatable bonds is 8. The highest BCUT2D eigenvalue weighted by molar-refractivity contribution is 5.23. The summed E-state index contributed by atoms with van der Waals surface area (Å²) in [7, 11) is 0. The van der Waals surface area contributed by atoms with Crippen LogP contribution in [0.1, 0.15) is 51.7 Å². The molecular formula is C18H32N2. The highest BCUT2D eigenvalue weighted by Gasteiger charge is 2.37. The first-order valence-electron chi connectivity index (χ1n) is 8.10. The Labute approximate surface area is 125 Å². The minimum Gasteiger partial charge on any atom is -0.326 e. The Kier molecular flexibility index (Phi) is 6.70.